The number of likely N-dealkylation sites (tertiary alicyclic amines) is 1. The van der Waals surface area contributed by atoms with E-state index in [0.29, 0.717) is 6.61 Å². The van der Waals surface area contributed by atoms with Crippen LogP contribution in [0.25, 0.3) is 0 Å². The van der Waals surface area contributed by atoms with Crippen molar-refractivity contribution in [1.82, 2.24) is 24.7 Å². The molecule has 7 nitrogen and oxygen atoms in total. The molecule has 4 atom stereocenters. The Labute approximate surface area is 229 Å². The summed E-state index contributed by atoms with van der Waals surface area (Å²) in [6.07, 6.45) is -0.431. The number of piperazine rings is 1. The Morgan fingerprint density at radius 2 is 1.69 bits per heavy atom. The van der Waals surface area contributed by atoms with Crippen LogP contribution in [0.15, 0.2) is 30.6 Å². The molecule has 0 bridgehead atoms. The van der Waals surface area contributed by atoms with Crippen molar-refractivity contribution in [1.29, 1.82) is 0 Å². The third kappa shape index (κ3) is 5.86. The van der Waals surface area contributed by atoms with Crippen molar-refractivity contribution in [3.63, 3.8) is 0 Å². The molecule has 1 aromatic carbocycles. The van der Waals surface area contributed by atoms with Gasteiger partial charge in [0.15, 0.2) is 0 Å². The summed E-state index contributed by atoms with van der Waals surface area (Å²) in [5.41, 5.74) is 3.45. The molecular formula is C29H40F3N5O2. The Balaban J connectivity index is 1.19. The number of methoxy groups -OCH3 is 1. The number of piperidine rings is 1. The van der Waals surface area contributed by atoms with Gasteiger partial charge in [-0.2, -0.15) is 13.2 Å². The van der Waals surface area contributed by atoms with Gasteiger partial charge in [-0.05, 0) is 58.2 Å². The minimum Gasteiger partial charge on any atom is -0.383 e. The van der Waals surface area contributed by atoms with Crippen LogP contribution in [0, 0.1) is 13.8 Å². The molecule has 0 N–H and O–H groups in total. The Hall–Kier alpha value is -2.11. The monoisotopic (exact) mass is 547 g/mol. The summed E-state index contributed by atoms with van der Waals surface area (Å²) in [6, 6.07) is 5.71. The zero-order valence-corrected chi connectivity index (χ0v) is 23.5. The van der Waals surface area contributed by atoms with E-state index in [0.717, 1.165) is 68.1 Å². The molecule has 0 radical (unpaired) electrons. The van der Waals surface area contributed by atoms with Crippen molar-refractivity contribution in [2.24, 2.45) is 0 Å². The molecule has 1 aromatic heterocycles. The minimum absolute atomic E-state index is 0.0574. The van der Waals surface area contributed by atoms with Crippen LogP contribution in [0.3, 0.4) is 0 Å². The fraction of sp³-hybridized carbons (Fsp3) is 0.655. The molecule has 3 saturated heterocycles. The Bertz CT molecular complexity index is 1120. The first-order valence-electron chi connectivity index (χ1n) is 13.9. The number of aryl methyl sites for hydroxylation is 2. The smallest absolute Gasteiger partial charge is 0.383 e. The Morgan fingerprint density at radius 3 is 2.26 bits per heavy atom. The van der Waals surface area contributed by atoms with E-state index >= 15 is 0 Å². The van der Waals surface area contributed by atoms with Gasteiger partial charge in [-0.3, -0.25) is 14.7 Å². The maximum atomic E-state index is 13.1. The van der Waals surface area contributed by atoms with E-state index in [1.54, 1.807) is 25.6 Å². The molecule has 10 heteroatoms. The van der Waals surface area contributed by atoms with Gasteiger partial charge in [0.25, 0.3) is 0 Å². The fourth-order valence-electron chi connectivity index (χ4n) is 6.54. The van der Waals surface area contributed by atoms with Crippen molar-refractivity contribution < 1.29 is 22.6 Å². The second-order valence-electron chi connectivity index (χ2n) is 11.6. The third-order valence-electron chi connectivity index (χ3n) is 9.06. The highest BCUT2D eigenvalue weighted by atomic mass is 19.4. The molecular weight excluding hydrogens is 507 g/mol. The lowest BCUT2D eigenvalue weighted by Gasteiger charge is -2.52. The van der Waals surface area contributed by atoms with Gasteiger partial charge in [0.2, 0.25) is 0 Å². The maximum absolute atomic E-state index is 13.1. The average Bonchev–Trinajstić information content (AvgIpc) is 3.68. The van der Waals surface area contributed by atoms with Crippen molar-refractivity contribution in [3.05, 3.63) is 58.7 Å². The van der Waals surface area contributed by atoms with Gasteiger partial charge < -0.3 is 9.47 Å². The van der Waals surface area contributed by atoms with E-state index in [9.17, 15) is 13.2 Å². The number of halogens is 3. The quantitative estimate of drug-likeness (QED) is 0.464. The van der Waals surface area contributed by atoms with Gasteiger partial charge in [0, 0.05) is 68.4 Å². The highest BCUT2D eigenvalue weighted by molar-refractivity contribution is 5.30. The van der Waals surface area contributed by atoms with Gasteiger partial charge >= 0.3 is 6.18 Å². The Kier molecular flexibility index (Phi) is 8.05. The highest BCUT2D eigenvalue weighted by Gasteiger charge is 2.49. The fourth-order valence-corrected chi connectivity index (χ4v) is 6.54. The topological polar surface area (TPSA) is 57.3 Å². The number of nitrogens with zero attached hydrogens (tertiary/aromatic N) is 5. The highest BCUT2D eigenvalue weighted by Crippen LogP contribution is 2.45. The summed E-state index contributed by atoms with van der Waals surface area (Å²) in [4.78, 5) is 16.2. The minimum atomic E-state index is -4.33. The number of epoxide rings is 1. The summed E-state index contributed by atoms with van der Waals surface area (Å²) in [7, 11) is 1.65. The number of benzene rings is 1. The van der Waals surface area contributed by atoms with Crippen LogP contribution in [0.1, 0.15) is 66.9 Å². The molecule has 4 heterocycles. The molecule has 0 spiro atoms. The number of alkyl halides is 3. The molecule has 3 aliphatic heterocycles. The van der Waals surface area contributed by atoms with Gasteiger partial charge in [-0.25, -0.2) is 9.97 Å². The van der Waals surface area contributed by atoms with Crippen LogP contribution in [0.2, 0.25) is 0 Å². The van der Waals surface area contributed by atoms with Crippen molar-refractivity contribution in [3.8, 4) is 0 Å². The van der Waals surface area contributed by atoms with Crippen molar-refractivity contribution >= 4 is 0 Å². The molecule has 0 amide bonds. The molecule has 214 valence electrons. The molecule has 0 saturated carbocycles. The number of rotatable bonds is 7. The summed E-state index contributed by atoms with van der Waals surface area (Å²) in [5, 5.41) is 0. The molecule has 2 aromatic rings. The molecule has 5 rings (SSSR count). The first-order chi connectivity index (χ1) is 18.5. The standard InChI is InChI=1S/C29H40F3N5O2/c1-19-16-36(14-15-37(19)24(17-38-5)22-6-8-23(9-7-22)29(30,31)32)28(4)10-12-35(13-11-28)27-26(39-27)25-20(2)33-18-34-21(25)3/h6-9,18-19,24,26-27H,10-17H2,1-5H3/t19-,24-,26?,27?/m0/s1. The molecule has 3 aliphatic rings. The van der Waals surface area contributed by atoms with Crippen LogP contribution < -0.4 is 0 Å². The molecule has 3 fully saturated rings. The van der Waals surface area contributed by atoms with E-state index in [2.05, 4.69) is 38.5 Å². The van der Waals surface area contributed by atoms with Crippen LogP contribution in [-0.2, 0) is 15.7 Å². The van der Waals surface area contributed by atoms with E-state index < -0.39 is 11.7 Å². The number of hydrogen-bond donors (Lipinski definition) is 0. The molecule has 39 heavy (non-hydrogen) atoms. The van der Waals surface area contributed by atoms with Gasteiger partial charge in [-0.15, -0.1) is 0 Å². The van der Waals surface area contributed by atoms with Crippen LogP contribution in [0.5, 0.6) is 0 Å². The summed E-state index contributed by atoms with van der Waals surface area (Å²) in [6.45, 7) is 13.7. The number of hydrogen-bond acceptors (Lipinski definition) is 7. The number of aromatic nitrogens is 2. The van der Waals surface area contributed by atoms with Crippen LogP contribution >= 0.6 is 0 Å². The van der Waals surface area contributed by atoms with Gasteiger partial charge in [0.05, 0.1) is 18.2 Å². The predicted octanol–water partition coefficient (Wildman–Crippen LogP) is 4.76. The summed E-state index contributed by atoms with van der Waals surface area (Å²) < 4.78 is 50.9. The lowest BCUT2D eigenvalue weighted by atomic mass is 9.86. The first-order valence-corrected chi connectivity index (χ1v) is 13.9. The van der Waals surface area contributed by atoms with E-state index in [1.165, 1.54) is 12.1 Å². The second-order valence-corrected chi connectivity index (χ2v) is 11.6. The predicted molar refractivity (Wildman–Crippen MR) is 142 cm³/mol. The summed E-state index contributed by atoms with van der Waals surface area (Å²) >= 11 is 0. The largest absolute Gasteiger partial charge is 0.416 e. The summed E-state index contributed by atoms with van der Waals surface area (Å²) in [5.74, 6) is 0. The van der Waals surface area contributed by atoms with Crippen molar-refractivity contribution in [2.45, 2.75) is 76.7 Å². The maximum Gasteiger partial charge on any atom is 0.416 e. The van der Waals surface area contributed by atoms with Crippen molar-refractivity contribution in [2.75, 3.05) is 46.4 Å². The lowest BCUT2D eigenvalue weighted by molar-refractivity contribution is -0.137. The van der Waals surface area contributed by atoms with E-state index in [1.807, 2.05) is 13.8 Å². The van der Waals surface area contributed by atoms with Crippen LogP contribution in [0.4, 0.5) is 13.2 Å². The van der Waals surface area contributed by atoms with E-state index in [4.69, 9.17) is 9.47 Å². The molecule has 0 aliphatic carbocycles. The lowest BCUT2D eigenvalue weighted by Crippen LogP contribution is -2.62. The number of ether oxygens (including phenoxy) is 2. The Morgan fingerprint density at radius 1 is 1.05 bits per heavy atom. The van der Waals surface area contributed by atoms with Gasteiger partial charge in [0.1, 0.15) is 18.7 Å². The van der Waals surface area contributed by atoms with Crippen LogP contribution in [-0.4, -0.2) is 88.9 Å². The first kappa shape index (κ1) is 28.4. The average molecular weight is 548 g/mol. The zero-order valence-electron chi connectivity index (χ0n) is 23.5. The second kappa shape index (κ2) is 11.0. The SMILES string of the molecule is COC[C@@H](c1ccc(C(F)(F)F)cc1)N1CCN(C2(C)CCN(C3OC3c3c(C)ncnc3C)CC2)C[C@@H]1C. The normalized spacial score (nSPS) is 27.4. The molecule has 2 unspecified atom stereocenters. The third-order valence-corrected chi connectivity index (χ3v) is 9.06. The van der Waals surface area contributed by atoms with Gasteiger partial charge in [-0.1, -0.05) is 12.1 Å². The zero-order chi connectivity index (χ0) is 27.9. The van der Waals surface area contributed by atoms with E-state index in [-0.39, 0.29) is 30.0 Å².